The van der Waals surface area contributed by atoms with Crippen LogP contribution in [-0.2, 0) is 18.8 Å². The number of hydrogen-bond acceptors (Lipinski definition) is 5. The predicted octanol–water partition coefficient (Wildman–Crippen LogP) is 1.92. The molecule has 0 N–H and O–H groups in total. The van der Waals surface area contributed by atoms with Crippen molar-refractivity contribution in [3.05, 3.63) is 24.3 Å². The summed E-state index contributed by atoms with van der Waals surface area (Å²) in [4.78, 5) is 0. The molecule has 0 aromatic heterocycles. The quantitative estimate of drug-likeness (QED) is 0.792. The first-order chi connectivity index (χ1) is 11.4. The monoisotopic (exact) mass is 332 g/mol. The minimum absolute atomic E-state index is 0.0276. The summed E-state index contributed by atoms with van der Waals surface area (Å²) in [6, 6.07) is 7.92. The third-order valence-corrected chi connectivity index (χ3v) is 5.61. The molecule has 4 rings (SSSR count). The zero-order valence-corrected chi connectivity index (χ0v) is 14.8. The van der Waals surface area contributed by atoms with E-state index in [2.05, 4.69) is 27.7 Å². The number of rotatable bonds is 3. The van der Waals surface area contributed by atoms with E-state index in [1.807, 2.05) is 24.3 Å². The van der Waals surface area contributed by atoms with Crippen molar-refractivity contribution in [1.29, 1.82) is 0 Å². The minimum Gasteiger partial charge on any atom is -0.485 e. The molecule has 0 saturated carbocycles. The molecule has 6 heteroatoms. The van der Waals surface area contributed by atoms with Gasteiger partial charge in [0.1, 0.15) is 11.9 Å². The second-order valence-corrected chi connectivity index (χ2v) is 7.81. The smallest absolute Gasteiger partial charge is 0.485 e. The summed E-state index contributed by atoms with van der Waals surface area (Å²) in [7, 11) is -0.346. The van der Waals surface area contributed by atoms with Crippen LogP contribution in [0.2, 0.25) is 0 Å². The van der Waals surface area contributed by atoms with Crippen LogP contribution in [0.1, 0.15) is 34.1 Å². The largest absolute Gasteiger partial charge is 0.494 e. The van der Waals surface area contributed by atoms with Crippen molar-refractivity contribution < 1.29 is 23.5 Å². The molecule has 130 valence electrons. The summed E-state index contributed by atoms with van der Waals surface area (Å²) < 4.78 is 29.7. The molecule has 0 amide bonds. The number of fused-ring (bicyclic) bond motifs is 1. The Hall–Kier alpha value is -1.08. The SMILES string of the molecule is CC1(C)OB(c2ccc(OC3CO[C@H]4CCOC34)cc2)OC1(C)C. The van der Waals surface area contributed by atoms with E-state index < -0.39 is 0 Å². The summed E-state index contributed by atoms with van der Waals surface area (Å²) in [6.45, 7) is 9.58. The minimum atomic E-state index is -0.346. The fourth-order valence-electron chi connectivity index (χ4n) is 3.39. The molecule has 0 spiro atoms. The van der Waals surface area contributed by atoms with Crippen LogP contribution in [0.25, 0.3) is 0 Å². The van der Waals surface area contributed by atoms with Gasteiger partial charge in [-0.25, -0.2) is 0 Å². The zero-order valence-electron chi connectivity index (χ0n) is 14.8. The average Bonchev–Trinajstić information content (AvgIpc) is 3.16. The Morgan fingerprint density at radius 2 is 1.67 bits per heavy atom. The number of ether oxygens (including phenoxy) is 3. The predicted molar refractivity (Wildman–Crippen MR) is 90.7 cm³/mol. The molecule has 3 heterocycles. The highest BCUT2D eigenvalue weighted by molar-refractivity contribution is 6.62. The standard InChI is InChI=1S/C18H25BO5/c1-17(2)18(3,4)24-19(23-17)12-5-7-13(8-6-12)22-15-11-21-14-9-10-20-16(14)15/h5-8,14-16H,9-11H2,1-4H3/t14-,15?,16?/m0/s1. The third-order valence-electron chi connectivity index (χ3n) is 5.61. The van der Waals surface area contributed by atoms with E-state index in [4.69, 9.17) is 23.5 Å². The third kappa shape index (κ3) is 2.75. The van der Waals surface area contributed by atoms with Gasteiger partial charge >= 0.3 is 7.12 Å². The van der Waals surface area contributed by atoms with Gasteiger partial charge in [0.25, 0.3) is 0 Å². The maximum Gasteiger partial charge on any atom is 0.494 e. The molecule has 24 heavy (non-hydrogen) atoms. The fraction of sp³-hybridized carbons (Fsp3) is 0.667. The molecule has 3 aliphatic rings. The number of benzene rings is 1. The molecule has 3 atom stereocenters. The van der Waals surface area contributed by atoms with Crippen LogP contribution < -0.4 is 10.2 Å². The van der Waals surface area contributed by atoms with E-state index in [9.17, 15) is 0 Å². The van der Waals surface area contributed by atoms with Gasteiger partial charge < -0.3 is 23.5 Å². The molecule has 1 aromatic carbocycles. The lowest BCUT2D eigenvalue weighted by Crippen LogP contribution is -2.41. The molecule has 2 unspecified atom stereocenters. The molecule has 3 fully saturated rings. The van der Waals surface area contributed by atoms with Crippen molar-refractivity contribution in [2.75, 3.05) is 13.2 Å². The van der Waals surface area contributed by atoms with E-state index in [0.29, 0.717) is 6.61 Å². The van der Waals surface area contributed by atoms with Gasteiger partial charge in [-0.05, 0) is 51.7 Å². The van der Waals surface area contributed by atoms with Crippen LogP contribution >= 0.6 is 0 Å². The molecule has 1 aromatic rings. The number of hydrogen-bond donors (Lipinski definition) is 0. The average molecular weight is 332 g/mol. The first-order valence-corrected chi connectivity index (χ1v) is 8.71. The molecule has 5 nitrogen and oxygen atoms in total. The summed E-state index contributed by atoms with van der Waals surface area (Å²) in [5, 5.41) is 0. The van der Waals surface area contributed by atoms with Crippen LogP contribution in [0, 0.1) is 0 Å². The van der Waals surface area contributed by atoms with Gasteiger partial charge in [0.05, 0.1) is 23.9 Å². The van der Waals surface area contributed by atoms with Gasteiger partial charge in [-0.3, -0.25) is 0 Å². The summed E-state index contributed by atoms with van der Waals surface area (Å²) >= 11 is 0. The van der Waals surface area contributed by atoms with Crippen LogP contribution in [-0.4, -0.2) is 49.8 Å². The molecular weight excluding hydrogens is 307 g/mol. The van der Waals surface area contributed by atoms with Gasteiger partial charge in [0, 0.05) is 6.61 Å². The van der Waals surface area contributed by atoms with Crippen LogP contribution in [0.15, 0.2) is 24.3 Å². The Morgan fingerprint density at radius 1 is 1.00 bits per heavy atom. The van der Waals surface area contributed by atoms with Crippen molar-refractivity contribution in [2.45, 2.75) is 63.6 Å². The highest BCUT2D eigenvalue weighted by Crippen LogP contribution is 2.36. The van der Waals surface area contributed by atoms with Crippen molar-refractivity contribution in [3.8, 4) is 5.75 Å². The Morgan fingerprint density at radius 3 is 2.33 bits per heavy atom. The fourth-order valence-corrected chi connectivity index (χ4v) is 3.39. The Bertz CT molecular complexity index is 584. The summed E-state index contributed by atoms with van der Waals surface area (Å²) in [5.74, 6) is 0.819. The Labute approximate surface area is 143 Å². The molecule has 3 aliphatic heterocycles. The van der Waals surface area contributed by atoms with Crippen molar-refractivity contribution in [1.82, 2.24) is 0 Å². The van der Waals surface area contributed by atoms with Crippen molar-refractivity contribution in [2.24, 2.45) is 0 Å². The summed E-state index contributed by atoms with van der Waals surface area (Å²) in [6.07, 6.45) is 1.19. The van der Waals surface area contributed by atoms with Crippen molar-refractivity contribution >= 4 is 12.6 Å². The van der Waals surface area contributed by atoms with Gasteiger partial charge in [0.2, 0.25) is 0 Å². The van der Waals surface area contributed by atoms with E-state index in [-0.39, 0.29) is 36.6 Å². The maximum absolute atomic E-state index is 6.08. The van der Waals surface area contributed by atoms with Gasteiger partial charge in [0.15, 0.2) is 6.10 Å². The van der Waals surface area contributed by atoms with Crippen LogP contribution in [0.5, 0.6) is 5.75 Å². The van der Waals surface area contributed by atoms with Gasteiger partial charge in [-0.1, -0.05) is 12.1 Å². The first-order valence-electron chi connectivity index (χ1n) is 8.71. The Balaban J connectivity index is 1.42. The van der Waals surface area contributed by atoms with Gasteiger partial charge in [-0.15, -0.1) is 0 Å². The van der Waals surface area contributed by atoms with Crippen LogP contribution in [0.3, 0.4) is 0 Å². The lowest BCUT2D eigenvalue weighted by molar-refractivity contribution is 0.00578. The van der Waals surface area contributed by atoms with E-state index in [1.165, 1.54) is 0 Å². The van der Waals surface area contributed by atoms with Gasteiger partial charge in [-0.2, -0.15) is 0 Å². The second kappa shape index (κ2) is 5.73. The normalized spacial score (nSPS) is 33.7. The molecular formula is C18H25BO5. The van der Waals surface area contributed by atoms with E-state index in [1.54, 1.807) is 0 Å². The lowest BCUT2D eigenvalue weighted by Gasteiger charge is -2.32. The first kappa shape index (κ1) is 16.4. The molecule has 0 radical (unpaired) electrons. The zero-order chi connectivity index (χ0) is 16.9. The lowest BCUT2D eigenvalue weighted by atomic mass is 9.79. The Kier molecular flexibility index (Phi) is 3.92. The maximum atomic E-state index is 6.08. The highest BCUT2D eigenvalue weighted by atomic mass is 16.7. The molecule has 3 saturated heterocycles. The van der Waals surface area contributed by atoms with Crippen LogP contribution in [0.4, 0.5) is 0 Å². The highest BCUT2D eigenvalue weighted by Gasteiger charge is 2.51. The second-order valence-electron chi connectivity index (χ2n) is 7.81. The molecule has 0 bridgehead atoms. The van der Waals surface area contributed by atoms with E-state index >= 15 is 0 Å². The van der Waals surface area contributed by atoms with Crippen molar-refractivity contribution in [3.63, 3.8) is 0 Å². The molecule has 0 aliphatic carbocycles. The summed E-state index contributed by atoms with van der Waals surface area (Å²) in [5.41, 5.74) is 0.338. The topological polar surface area (TPSA) is 46.2 Å². The van der Waals surface area contributed by atoms with E-state index in [0.717, 1.165) is 24.2 Å².